The lowest BCUT2D eigenvalue weighted by Gasteiger charge is -2.08. The Labute approximate surface area is 144 Å². The van der Waals surface area contributed by atoms with Crippen molar-refractivity contribution in [2.24, 2.45) is 0 Å². The molecule has 0 saturated carbocycles. The highest BCUT2D eigenvalue weighted by Gasteiger charge is 2.10. The van der Waals surface area contributed by atoms with Gasteiger partial charge in [-0.1, -0.05) is 42.5 Å². The molecule has 1 amide bonds. The Morgan fingerprint density at radius 1 is 1.12 bits per heavy atom. The standard InChI is InChI=1S/C19H19N3O3/c1-25-12-14-6-4-5-13(9-14)11-20-18(23)10-17-15-7-2-3-8-16(15)19(24)22-21-17/h2-9H,10-12H2,1H3,(H,20,23)(H,22,24). The van der Waals surface area contributed by atoms with Crippen molar-refractivity contribution in [1.82, 2.24) is 15.5 Å². The maximum atomic E-state index is 12.3. The number of benzene rings is 2. The maximum absolute atomic E-state index is 12.3. The number of fused-ring (bicyclic) bond motifs is 1. The summed E-state index contributed by atoms with van der Waals surface area (Å²) in [5.41, 5.74) is 2.36. The largest absolute Gasteiger partial charge is 0.380 e. The lowest BCUT2D eigenvalue weighted by Crippen LogP contribution is -2.26. The van der Waals surface area contributed by atoms with Crippen LogP contribution in [0.4, 0.5) is 0 Å². The van der Waals surface area contributed by atoms with Gasteiger partial charge in [0.25, 0.3) is 5.56 Å². The molecule has 3 rings (SSSR count). The zero-order valence-corrected chi connectivity index (χ0v) is 13.9. The monoisotopic (exact) mass is 337 g/mol. The number of ether oxygens (including phenoxy) is 1. The number of aromatic amines is 1. The molecular weight excluding hydrogens is 318 g/mol. The minimum absolute atomic E-state index is 0.106. The van der Waals surface area contributed by atoms with Gasteiger partial charge in [-0.05, 0) is 17.2 Å². The zero-order valence-electron chi connectivity index (χ0n) is 13.9. The SMILES string of the molecule is COCc1cccc(CNC(=O)Cc2n[nH]c(=O)c3ccccc23)c1. The van der Waals surface area contributed by atoms with Crippen LogP contribution in [0.5, 0.6) is 0 Å². The minimum atomic E-state index is -0.255. The highest BCUT2D eigenvalue weighted by atomic mass is 16.5. The van der Waals surface area contributed by atoms with Crippen molar-refractivity contribution in [2.75, 3.05) is 7.11 Å². The number of nitrogens with one attached hydrogen (secondary N) is 2. The maximum Gasteiger partial charge on any atom is 0.272 e. The van der Waals surface area contributed by atoms with E-state index in [1.165, 1.54) is 0 Å². The molecule has 0 fully saturated rings. The smallest absolute Gasteiger partial charge is 0.272 e. The van der Waals surface area contributed by atoms with E-state index in [0.29, 0.717) is 29.6 Å². The Morgan fingerprint density at radius 3 is 2.68 bits per heavy atom. The quantitative estimate of drug-likeness (QED) is 0.720. The normalized spacial score (nSPS) is 10.8. The molecule has 128 valence electrons. The fourth-order valence-electron chi connectivity index (χ4n) is 2.72. The third kappa shape index (κ3) is 4.10. The third-order valence-corrected chi connectivity index (χ3v) is 3.90. The van der Waals surface area contributed by atoms with Gasteiger partial charge in [-0.25, -0.2) is 5.10 Å². The first-order valence-electron chi connectivity index (χ1n) is 7.97. The number of nitrogens with zero attached hydrogens (tertiary/aromatic N) is 1. The number of methoxy groups -OCH3 is 1. The van der Waals surface area contributed by atoms with Crippen LogP contribution in [0.15, 0.2) is 53.3 Å². The molecule has 0 aliphatic heterocycles. The Morgan fingerprint density at radius 2 is 1.88 bits per heavy atom. The third-order valence-electron chi connectivity index (χ3n) is 3.90. The molecule has 2 N–H and O–H groups in total. The van der Waals surface area contributed by atoms with E-state index in [0.717, 1.165) is 11.1 Å². The molecule has 0 unspecified atom stereocenters. The lowest BCUT2D eigenvalue weighted by atomic mass is 10.1. The van der Waals surface area contributed by atoms with Crippen LogP contribution < -0.4 is 10.9 Å². The van der Waals surface area contributed by atoms with Gasteiger partial charge >= 0.3 is 0 Å². The van der Waals surface area contributed by atoms with Crippen molar-refractivity contribution in [2.45, 2.75) is 19.6 Å². The number of rotatable bonds is 6. The molecule has 3 aromatic rings. The molecule has 1 heterocycles. The molecule has 0 bridgehead atoms. The zero-order chi connectivity index (χ0) is 17.6. The molecule has 25 heavy (non-hydrogen) atoms. The molecule has 0 radical (unpaired) electrons. The number of carbonyl (C=O) groups is 1. The van der Waals surface area contributed by atoms with Gasteiger partial charge in [0.1, 0.15) is 0 Å². The first kappa shape index (κ1) is 16.9. The fraction of sp³-hybridized carbons (Fsp3) is 0.211. The van der Waals surface area contributed by atoms with Gasteiger partial charge in [-0.2, -0.15) is 5.10 Å². The fourth-order valence-corrected chi connectivity index (χ4v) is 2.72. The Kier molecular flexibility index (Phi) is 5.20. The first-order valence-corrected chi connectivity index (χ1v) is 7.97. The summed E-state index contributed by atoms with van der Waals surface area (Å²) < 4.78 is 5.11. The molecule has 1 aromatic heterocycles. The van der Waals surface area contributed by atoms with Crippen LogP contribution in [-0.4, -0.2) is 23.2 Å². The molecule has 2 aromatic carbocycles. The molecule has 0 saturated heterocycles. The molecule has 0 aliphatic carbocycles. The molecular formula is C19H19N3O3. The summed E-state index contributed by atoms with van der Waals surface area (Å²) >= 11 is 0. The van der Waals surface area contributed by atoms with Crippen molar-refractivity contribution in [1.29, 1.82) is 0 Å². The summed E-state index contributed by atoms with van der Waals surface area (Å²) in [6.45, 7) is 0.965. The lowest BCUT2D eigenvalue weighted by molar-refractivity contribution is -0.120. The number of H-pyrrole nitrogens is 1. The Balaban J connectivity index is 1.68. The van der Waals surface area contributed by atoms with E-state index in [4.69, 9.17) is 4.74 Å². The summed E-state index contributed by atoms with van der Waals surface area (Å²) in [5, 5.41) is 10.6. The van der Waals surface area contributed by atoms with Crippen molar-refractivity contribution in [3.63, 3.8) is 0 Å². The van der Waals surface area contributed by atoms with Gasteiger partial charge in [0.05, 0.1) is 24.1 Å². The van der Waals surface area contributed by atoms with Crippen LogP contribution in [-0.2, 0) is 29.1 Å². The van der Waals surface area contributed by atoms with Crippen LogP contribution in [0.25, 0.3) is 10.8 Å². The number of hydrogen-bond acceptors (Lipinski definition) is 4. The van der Waals surface area contributed by atoms with Gasteiger partial charge in [-0.15, -0.1) is 0 Å². The molecule has 0 atom stereocenters. The van der Waals surface area contributed by atoms with Crippen LogP contribution in [0.3, 0.4) is 0 Å². The highest BCUT2D eigenvalue weighted by molar-refractivity contribution is 5.88. The van der Waals surface area contributed by atoms with Crippen LogP contribution in [0.1, 0.15) is 16.8 Å². The van der Waals surface area contributed by atoms with Crippen LogP contribution in [0, 0.1) is 0 Å². The second-order valence-corrected chi connectivity index (χ2v) is 5.75. The predicted molar refractivity (Wildman–Crippen MR) is 95.1 cm³/mol. The van der Waals surface area contributed by atoms with Crippen molar-refractivity contribution < 1.29 is 9.53 Å². The van der Waals surface area contributed by atoms with E-state index >= 15 is 0 Å². The van der Waals surface area contributed by atoms with Gasteiger partial charge in [-0.3, -0.25) is 9.59 Å². The van der Waals surface area contributed by atoms with E-state index in [2.05, 4.69) is 15.5 Å². The van der Waals surface area contributed by atoms with E-state index in [1.54, 1.807) is 25.3 Å². The second-order valence-electron chi connectivity index (χ2n) is 5.75. The number of amides is 1. The van der Waals surface area contributed by atoms with Gasteiger partial charge in [0.2, 0.25) is 5.91 Å². The van der Waals surface area contributed by atoms with Crippen molar-refractivity contribution in [3.8, 4) is 0 Å². The average molecular weight is 337 g/mol. The van der Waals surface area contributed by atoms with E-state index in [1.807, 2.05) is 30.3 Å². The molecule has 6 heteroatoms. The number of carbonyl (C=O) groups excluding carboxylic acids is 1. The predicted octanol–water partition coefficient (Wildman–Crippen LogP) is 1.93. The Hall–Kier alpha value is -2.99. The van der Waals surface area contributed by atoms with Gasteiger partial charge in [0.15, 0.2) is 0 Å². The molecule has 0 spiro atoms. The van der Waals surface area contributed by atoms with Gasteiger partial charge < -0.3 is 10.1 Å². The minimum Gasteiger partial charge on any atom is -0.380 e. The first-order chi connectivity index (χ1) is 12.2. The van der Waals surface area contributed by atoms with Gasteiger partial charge in [0, 0.05) is 19.0 Å². The van der Waals surface area contributed by atoms with Crippen molar-refractivity contribution in [3.05, 3.63) is 75.7 Å². The van der Waals surface area contributed by atoms with Crippen LogP contribution in [0.2, 0.25) is 0 Å². The molecule has 6 nitrogen and oxygen atoms in total. The van der Waals surface area contributed by atoms with Crippen molar-refractivity contribution >= 4 is 16.7 Å². The highest BCUT2D eigenvalue weighted by Crippen LogP contribution is 2.13. The number of hydrogen-bond donors (Lipinski definition) is 2. The average Bonchev–Trinajstić information content (AvgIpc) is 2.63. The topological polar surface area (TPSA) is 84.1 Å². The van der Waals surface area contributed by atoms with E-state index in [-0.39, 0.29) is 17.9 Å². The summed E-state index contributed by atoms with van der Waals surface area (Å²) in [6.07, 6.45) is 0.106. The van der Waals surface area contributed by atoms with E-state index in [9.17, 15) is 9.59 Å². The summed E-state index contributed by atoms with van der Waals surface area (Å²) in [6, 6.07) is 15.0. The molecule has 0 aliphatic rings. The number of aromatic nitrogens is 2. The Bertz CT molecular complexity index is 950. The summed E-state index contributed by atoms with van der Waals surface area (Å²) in [7, 11) is 1.65. The van der Waals surface area contributed by atoms with Crippen LogP contribution >= 0.6 is 0 Å². The summed E-state index contributed by atoms with van der Waals surface area (Å²) in [4.78, 5) is 24.0. The van der Waals surface area contributed by atoms with E-state index < -0.39 is 0 Å². The summed E-state index contributed by atoms with van der Waals surface area (Å²) in [5.74, 6) is -0.151. The second kappa shape index (κ2) is 7.72.